The Morgan fingerprint density at radius 2 is 2.41 bits per heavy atom. The van der Waals surface area contributed by atoms with E-state index >= 15 is 0 Å². The van der Waals surface area contributed by atoms with Crippen LogP contribution < -0.4 is 5.32 Å². The van der Waals surface area contributed by atoms with E-state index in [1.165, 1.54) is 11.3 Å². The first kappa shape index (κ1) is 15.2. The van der Waals surface area contributed by atoms with Gasteiger partial charge in [-0.2, -0.15) is 4.98 Å². The van der Waals surface area contributed by atoms with Gasteiger partial charge in [-0.15, -0.1) is 11.3 Å². The fraction of sp³-hybridized carbons (Fsp3) is 0.533. The lowest BCUT2D eigenvalue weighted by atomic mass is 10.2. The maximum Gasteiger partial charge on any atom is 0.264 e. The maximum absolute atomic E-state index is 12.6. The lowest BCUT2D eigenvalue weighted by molar-refractivity contribution is 0.0752. The number of aromatic nitrogens is 2. The minimum absolute atomic E-state index is 0.0270. The van der Waals surface area contributed by atoms with Crippen molar-refractivity contribution in [3.63, 3.8) is 0 Å². The van der Waals surface area contributed by atoms with E-state index in [2.05, 4.69) is 21.5 Å². The quantitative estimate of drug-likeness (QED) is 0.916. The van der Waals surface area contributed by atoms with E-state index in [1.807, 2.05) is 13.0 Å². The molecule has 1 saturated heterocycles. The average Bonchev–Trinajstić information content (AvgIpc) is 3.24. The summed E-state index contributed by atoms with van der Waals surface area (Å²) in [4.78, 5) is 20.6. The van der Waals surface area contributed by atoms with Crippen molar-refractivity contribution in [3.8, 4) is 0 Å². The van der Waals surface area contributed by atoms with Gasteiger partial charge < -0.3 is 14.7 Å². The van der Waals surface area contributed by atoms with Crippen molar-refractivity contribution in [3.05, 3.63) is 33.6 Å². The summed E-state index contributed by atoms with van der Waals surface area (Å²) in [6, 6.07) is 4.39. The molecule has 0 aliphatic carbocycles. The van der Waals surface area contributed by atoms with Gasteiger partial charge in [0.2, 0.25) is 5.89 Å². The molecule has 0 bridgehead atoms. The van der Waals surface area contributed by atoms with Crippen LogP contribution in [0.5, 0.6) is 0 Å². The Kier molecular flexibility index (Phi) is 4.54. The zero-order chi connectivity index (χ0) is 15.5. The molecule has 1 aliphatic heterocycles. The maximum atomic E-state index is 12.6. The highest BCUT2D eigenvalue weighted by Crippen LogP contribution is 2.30. The number of thiophene rings is 1. The van der Waals surface area contributed by atoms with Gasteiger partial charge in [0.05, 0.1) is 11.4 Å². The third-order valence-electron chi connectivity index (χ3n) is 3.81. The molecular formula is C15H20N4O2S. The van der Waals surface area contributed by atoms with Crippen LogP contribution in [0.15, 0.2) is 16.7 Å². The highest BCUT2D eigenvalue weighted by Gasteiger charge is 2.22. The van der Waals surface area contributed by atoms with E-state index in [0.29, 0.717) is 30.8 Å². The van der Waals surface area contributed by atoms with Crippen molar-refractivity contribution in [2.24, 2.45) is 0 Å². The van der Waals surface area contributed by atoms with Crippen molar-refractivity contribution in [2.45, 2.75) is 39.3 Å². The van der Waals surface area contributed by atoms with Crippen LogP contribution in [0.3, 0.4) is 0 Å². The Labute approximate surface area is 133 Å². The molecule has 1 unspecified atom stereocenters. The number of aryl methyl sites for hydroxylation is 1. The van der Waals surface area contributed by atoms with Gasteiger partial charge in [-0.25, -0.2) is 0 Å². The highest BCUT2D eigenvalue weighted by atomic mass is 32.1. The molecule has 0 saturated carbocycles. The Morgan fingerprint density at radius 3 is 3.05 bits per heavy atom. The van der Waals surface area contributed by atoms with Gasteiger partial charge in [0.15, 0.2) is 5.82 Å². The molecule has 6 nitrogen and oxygen atoms in total. The van der Waals surface area contributed by atoms with E-state index in [-0.39, 0.29) is 5.91 Å². The van der Waals surface area contributed by atoms with Gasteiger partial charge >= 0.3 is 0 Å². The molecule has 1 fully saturated rings. The molecule has 1 aliphatic rings. The Morgan fingerprint density at radius 1 is 1.55 bits per heavy atom. The summed E-state index contributed by atoms with van der Waals surface area (Å²) >= 11 is 1.58. The molecule has 1 atom stereocenters. The number of amides is 1. The van der Waals surface area contributed by atoms with Crippen LogP contribution in [0.1, 0.15) is 52.1 Å². The molecular weight excluding hydrogens is 300 g/mol. The van der Waals surface area contributed by atoms with Gasteiger partial charge in [-0.3, -0.25) is 4.79 Å². The van der Waals surface area contributed by atoms with E-state index in [9.17, 15) is 4.79 Å². The largest absolute Gasteiger partial charge is 0.340 e. The predicted molar refractivity (Wildman–Crippen MR) is 83.7 cm³/mol. The van der Waals surface area contributed by atoms with E-state index in [4.69, 9.17) is 4.52 Å². The van der Waals surface area contributed by atoms with Crippen LogP contribution in [0.2, 0.25) is 0 Å². The molecule has 0 spiro atoms. The van der Waals surface area contributed by atoms with Crippen LogP contribution in [-0.4, -0.2) is 34.0 Å². The first-order valence-corrected chi connectivity index (χ1v) is 8.40. The Bertz CT molecular complexity index is 646. The zero-order valence-corrected chi connectivity index (χ0v) is 13.7. The minimum Gasteiger partial charge on any atom is -0.340 e. The van der Waals surface area contributed by atoms with E-state index < -0.39 is 0 Å². The molecule has 3 heterocycles. The topological polar surface area (TPSA) is 71.3 Å². The lowest BCUT2D eigenvalue weighted by Gasteiger charge is -2.18. The summed E-state index contributed by atoms with van der Waals surface area (Å²) < 4.78 is 4.96. The number of carbonyl (C=O) groups is 1. The Balaban J connectivity index is 1.70. The number of rotatable bonds is 5. The number of carbonyl (C=O) groups excluding carboxylic acids is 1. The zero-order valence-electron chi connectivity index (χ0n) is 12.8. The van der Waals surface area contributed by atoms with Gasteiger partial charge in [0.25, 0.3) is 5.91 Å². The Hall–Kier alpha value is -1.73. The van der Waals surface area contributed by atoms with Gasteiger partial charge in [-0.05, 0) is 38.4 Å². The normalized spacial score (nSPS) is 17.8. The SMILES string of the molecule is CCN(Cc1noc(C)n1)C(=O)c1ccc(C2CCCN2)s1. The van der Waals surface area contributed by atoms with Crippen LogP contribution in [0, 0.1) is 6.92 Å². The fourth-order valence-corrected chi connectivity index (χ4v) is 3.73. The fourth-order valence-electron chi connectivity index (χ4n) is 2.64. The number of hydrogen-bond donors (Lipinski definition) is 1. The monoisotopic (exact) mass is 320 g/mol. The third-order valence-corrected chi connectivity index (χ3v) is 5.00. The molecule has 2 aromatic heterocycles. The first-order chi connectivity index (χ1) is 10.7. The van der Waals surface area contributed by atoms with Gasteiger partial charge in [-0.1, -0.05) is 5.16 Å². The molecule has 0 radical (unpaired) electrons. The number of nitrogens with zero attached hydrogens (tertiary/aromatic N) is 3. The van der Waals surface area contributed by atoms with Crippen LogP contribution >= 0.6 is 11.3 Å². The first-order valence-electron chi connectivity index (χ1n) is 7.59. The van der Waals surface area contributed by atoms with E-state index in [1.54, 1.807) is 23.2 Å². The lowest BCUT2D eigenvalue weighted by Crippen LogP contribution is -2.30. The molecule has 7 heteroatoms. The smallest absolute Gasteiger partial charge is 0.264 e. The molecule has 118 valence electrons. The highest BCUT2D eigenvalue weighted by molar-refractivity contribution is 7.14. The van der Waals surface area contributed by atoms with E-state index in [0.717, 1.165) is 17.8 Å². The number of hydrogen-bond acceptors (Lipinski definition) is 6. The van der Waals surface area contributed by atoms with Crippen molar-refractivity contribution >= 4 is 17.2 Å². The molecule has 2 aromatic rings. The predicted octanol–water partition coefficient (Wildman–Crippen LogP) is 2.53. The van der Waals surface area contributed by atoms with Crippen LogP contribution in [0.25, 0.3) is 0 Å². The molecule has 22 heavy (non-hydrogen) atoms. The summed E-state index contributed by atoms with van der Waals surface area (Å²) in [6.45, 7) is 5.75. The summed E-state index contributed by atoms with van der Waals surface area (Å²) in [5.74, 6) is 1.09. The van der Waals surface area contributed by atoms with Gasteiger partial charge in [0, 0.05) is 24.4 Å². The standard InChI is InChI=1S/C15H20N4O2S/c1-3-19(9-14-17-10(2)21-18-14)15(20)13-7-6-12(22-13)11-5-4-8-16-11/h6-7,11,16H,3-5,8-9H2,1-2H3. The van der Waals surface area contributed by atoms with Crippen molar-refractivity contribution < 1.29 is 9.32 Å². The average molecular weight is 320 g/mol. The summed E-state index contributed by atoms with van der Waals surface area (Å²) in [5.41, 5.74) is 0. The van der Waals surface area contributed by atoms with Crippen molar-refractivity contribution in [2.75, 3.05) is 13.1 Å². The molecule has 1 amide bonds. The minimum atomic E-state index is 0.0270. The second-order valence-corrected chi connectivity index (χ2v) is 6.52. The molecule has 0 aromatic carbocycles. The van der Waals surface area contributed by atoms with Crippen molar-refractivity contribution in [1.29, 1.82) is 0 Å². The summed E-state index contributed by atoms with van der Waals surface area (Å²) in [7, 11) is 0. The van der Waals surface area contributed by atoms with Gasteiger partial charge in [0.1, 0.15) is 0 Å². The summed E-state index contributed by atoms with van der Waals surface area (Å²) in [5, 5.41) is 7.33. The second kappa shape index (κ2) is 6.58. The number of nitrogens with one attached hydrogen (secondary N) is 1. The van der Waals surface area contributed by atoms with Crippen LogP contribution in [0.4, 0.5) is 0 Å². The third kappa shape index (κ3) is 3.20. The van der Waals surface area contributed by atoms with Crippen molar-refractivity contribution in [1.82, 2.24) is 20.4 Å². The summed E-state index contributed by atoms with van der Waals surface area (Å²) in [6.07, 6.45) is 2.35. The molecule has 1 N–H and O–H groups in total. The van der Waals surface area contributed by atoms with Crippen LogP contribution in [-0.2, 0) is 6.54 Å². The second-order valence-electron chi connectivity index (χ2n) is 5.40. The molecule has 3 rings (SSSR count).